The molecule has 1 aliphatic rings. The van der Waals surface area contributed by atoms with E-state index in [0.29, 0.717) is 13.1 Å². The van der Waals surface area contributed by atoms with Gasteiger partial charge in [0.15, 0.2) is 17.7 Å². The van der Waals surface area contributed by atoms with Gasteiger partial charge in [-0.1, -0.05) is 12.1 Å². The Morgan fingerprint density at radius 1 is 1.19 bits per heavy atom. The number of benzene rings is 1. The fourth-order valence-electron chi connectivity index (χ4n) is 2.61. The molecule has 0 amide bonds. The lowest BCUT2D eigenvalue weighted by Crippen LogP contribution is -2.43. The van der Waals surface area contributed by atoms with Gasteiger partial charge in [0.2, 0.25) is 0 Å². The van der Waals surface area contributed by atoms with Crippen LogP contribution < -0.4 is 0 Å². The summed E-state index contributed by atoms with van der Waals surface area (Å²) in [7, 11) is 0. The van der Waals surface area contributed by atoms with Crippen molar-refractivity contribution in [1.29, 1.82) is 0 Å². The molecule has 0 aromatic heterocycles. The van der Waals surface area contributed by atoms with E-state index in [2.05, 4.69) is 0 Å². The minimum Gasteiger partial charge on any atom is -0.383 e. The van der Waals surface area contributed by atoms with Gasteiger partial charge in [-0.2, -0.15) is 13.2 Å². The van der Waals surface area contributed by atoms with Gasteiger partial charge in [0.1, 0.15) is 0 Å². The fraction of sp³-hybridized carbons (Fsp3) is 0.571. The Morgan fingerprint density at radius 2 is 1.81 bits per heavy atom. The zero-order valence-corrected chi connectivity index (χ0v) is 11.2. The van der Waals surface area contributed by atoms with Crippen molar-refractivity contribution in [2.24, 2.45) is 5.92 Å². The summed E-state index contributed by atoms with van der Waals surface area (Å²) in [5, 5.41) is 9.21. The molecule has 7 heteroatoms. The second kappa shape index (κ2) is 6.27. The van der Waals surface area contributed by atoms with Crippen molar-refractivity contribution in [3.8, 4) is 0 Å². The Bertz CT molecular complexity index is 483. The number of hydrogen-bond acceptors (Lipinski definition) is 2. The zero-order chi connectivity index (χ0) is 15.6. The van der Waals surface area contributed by atoms with Crippen LogP contribution >= 0.6 is 0 Å². The van der Waals surface area contributed by atoms with Crippen LogP contribution in [0.15, 0.2) is 18.2 Å². The van der Waals surface area contributed by atoms with Crippen LogP contribution in [0.4, 0.5) is 22.0 Å². The highest BCUT2D eigenvalue weighted by Gasteiger charge is 2.44. The molecule has 0 saturated carbocycles. The fourth-order valence-corrected chi connectivity index (χ4v) is 2.61. The first-order valence-electron chi connectivity index (χ1n) is 6.69. The van der Waals surface area contributed by atoms with Crippen LogP contribution in [0.5, 0.6) is 0 Å². The first-order chi connectivity index (χ1) is 9.79. The average Bonchev–Trinajstić information content (AvgIpc) is 2.43. The van der Waals surface area contributed by atoms with Crippen molar-refractivity contribution >= 4 is 0 Å². The monoisotopic (exact) mass is 309 g/mol. The van der Waals surface area contributed by atoms with E-state index in [1.54, 1.807) is 4.90 Å². The summed E-state index contributed by atoms with van der Waals surface area (Å²) < 4.78 is 63.9. The van der Waals surface area contributed by atoms with Crippen LogP contribution in [0.25, 0.3) is 0 Å². The summed E-state index contributed by atoms with van der Waals surface area (Å²) in [6, 6.07) is 3.87. The Kier molecular flexibility index (Phi) is 4.83. The van der Waals surface area contributed by atoms with Gasteiger partial charge in [0.05, 0.1) is 0 Å². The quantitative estimate of drug-likeness (QED) is 0.867. The summed E-state index contributed by atoms with van der Waals surface area (Å²) in [5.41, 5.74) is 0.185. The Morgan fingerprint density at radius 3 is 2.38 bits per heavy atom. The van der Waals surface area contributed by atoms with Crippen molar-refractivity contribution in [3.05, 3.63) is 35.4 Å². The Labute approximate surface area is 119 Å². The maximum atomic E-state index is 13.5. The van der Waals surface area contributed by atoms with Gasteiger partial charge in [0.25, 0.3) is 0 Å². The van der Waals surface area contributed by atoms with Gasteiger partial charge in [-0.3, -0.25) is 4.90 Å². The molecule has 0 bridgehead atoms. The molecule has 0 radical (unpaired) electrons. The number of rotatable bonds is 3. The third-order valence-electron chi connectivity index (χ3n) is 3.84. The van der Waals surface area contributed by atoms with E-state index in [9.17, 15) is 27.1 Å². The molecule has 2 nitrogen and oxygen atoms in total. The van der Waals surface area contributed by atoms with Gasteiger partial charge in [-0.25, -0.2) is 8.78 Å². The van der Waals surface area contributed by atoms with Gasteiger partial charge in [-0.05, 0) is 37.9 Å². The lowest BCUT2D eigenvalue weighted by Gasteiger charge is -2.34. The smallest absolute Gasteiger partial charge is 0.383 e. The van der Waals surface area contributed by atoms with Crippen molar-refractivity contribution < 1.29 is 27.1 Å². The Hall–Kier alpha value is -1.21. The number of nitrogens with zero attached hydrogens (tertiary/aromatic N) is 1. The minimum absolute atomic E-state index is 0.151. The molecule has 21 heavy (non-hydrogen) atoms. The van der Waals surface area contributed by atoms with E-state index < -0.39 is 29.8 Å². The molecule has 1 aromatic rings. The summed E-state index contributed by atoms with van der Waals surface area (Å²) in [4.78, 5) is 1.76. The third-order valence-corrected chi connectivity index (χ3v) is 3.84. The minimum atomic E-state index is -4.61. The van der Waals surface area contributed by atoms with Crippen LogP contribution in [-0.2, 0) is 6.54 Å². The SMILES string of the molecule is OC(C1CCN(Cc2cccc(F)c2F)CC1)C(F)(F)F. The average molecular weight is 309 g/mol. The molecule has 118 valence electrons. The topological polar surface area (TPSA) is 23.5 Å². The van der Waals surface area contributed by atoms with Crippen molar-refractivity contribution in [2.75, 3.05) is 13.1 Å². The molecular weight excluding hydrogens is 293 g/mol. The summed E-state index contributed by atoms with van der Waals surface area (Å²) in [5.74, 6) is -2.69. The number of piperidine rings is 1. The number of halogens is 5. The number of aliphatic hydroxyl groups is 1. The first kappa shape index (κ1) is 16.2. The molecule has 1 atom stereocenters. The number of likely N-dealkylation sites (tertiary alicyclic amines) is 1. The van der Waals surface area contributed by atoms with Gasteiger partial charge >= 0.3 is 6.18 Å². The highest BCUT2D eigenvalue weighted by Crippen LogP contribution is 2.32. The molecule has 1 aromatic carbocycles. The maximum Gasteiger partial charge on any atom is 0.414 e. The van der Waals surface area contributed by atoms with E-state index in [1.165, 1.54) is 12.1 Å². The van der Waals surface area contributed by atoms with Crippen LogP contribution in [0, 0.1) is 17.6 Å². The molecule has 1 N–H and O–H groups in total. The van der Waals surface area contributed by atoms with Crippen molar-refractivity contribution in [3.63, 3.8) is 0 Å². The number of aliphatic hydroxyl groups excluding tert-OH is 1. The second-order valence-corrected chi connectivity index (χ2v) is 5.31. The van der Waals surface area contributed by atoms with E-state index in [0.717, 1.165) is 6.07 Å². The number of hydrogen-bond donors (Lipinski definition) is 1. The van der Waals surface area contributed by atoms with E-state index in [1.807, 2.05) is 0 Å². The summed E-state index contributed by atoms with van der Waals surface area (Å²) >= 11 is 0. The van der Waals surface area contributed by atoms with E-state index >= 15 is 0 Å². The normalized spacial score (nSPS) is 19.7. The molecule has 1 unspecified atom stereocenters. The molecule has 2 rings (SSSR count). The molecule has 1 aliphatic heterocycles. The summed E-state index contributed by atoms with van der Waals surface area (Å²) in [6.45, 7) is 0.778. The highest BCUT2D eigenvalue weighted by molar-refractivity contribution is 5.18. The molecule has 1 saturated heterocycles. The van der Waals surface area contributed by atoms with Gasteiger partial charge < -0.3 is 5.11 Å². The second-order valence-electron chi connectivity index (χ2n) is 5.31. The lowest BCUT2D eigenvalue weighted by atomic mass is 9.90. The molecular formula is C14H16F5NO. The first-order valence-corrected chi connectivity index (χ1v) is 6.69. The largest absolute Gasteiger partial charge is 0.414 e. The Balaban J connectivity index is 1.91. The van der Waals surface area contributed by atoms with E-state index in [-0.39, 0.29) is 24.9 Å². The third kappa shape index (κ3) is 3.91. The molecule has 0 aliphatic carbocycles. The predicted octanol–water partition coefficient (Wildman–Crippen LogP) is 3.10. The van der Waals surface area contributed by atoms with Crippen molar-refractivity contribution in [2.45, 2.75) is 31.7 Å². The van der Waals surface area contributed by atoms with Crippen LogP contribution in [0.1, 0.15) is 18.4 Å². The van der Waals surface area contributed by atoms with Gasteiger partial charge in [0, 0.05) is 12.1 Å². The predicted molar refractivity (Wildman–Crippen MR) is 66.4 cm³/mol. The lowest BCUT2D eigenvalue weighted by molar-refractivity contribution is -0.223. The number of alkyl halides is 3. The summed E-state index contributed by atoms with van der Waals surface area (Å²) in [6.07, 6.45) is -6.57. The van der Waals surface area contributed by atoms with Crippen LogP contribution in [-0.4, -0.2) is 35.4 Å². The maximum absolute atomic E-state index is 13.5. The highest BCUT2D eigenvalue weighted by atomic mass is 19.4. The van der Waals surface area contributed by atoms with Gasteiger partial charge in [-0.15, -0.1) is 0 Å². The van der Waals surface area contributed by atoms with Crippen LogP contribution in [0.2, 0.25) is 0 Å². The molecule has 0 spiro atoms. The standard InChI is InChI=1S/C14H16F5NO/c15-11-3-1-2-10(12(11)16)8-20-6-4-9(5-7-20)13(21)14(17,18)19/h1-3,9,13,21H,4-8H2. The van der Waals surface area contributed by atoms with Crippen molar-refractivity contribution in [1.82, 2.24) is 4.90 Å². The van der Waals surface area contributed by atoms with E-state index in [4.69, 9.17) is 0 Å². The zero-order valence-electron chi connectivity index (χ0n) is 11.2. The molecule has 1 heterocycles. The molecule has 1 fully saturated rings. The van der Waals surface area contributed by atoms with Crippen LogP contribution in [0.3, 0.4) is 0 Å².